The molecule has 1 aromatic carbocycles. The summed E-state index contributed by atoms with van der Waals surface area (Å²) in [5.74, 6) is 2.08. The zero-order valence-electron chi connectivity index (χ0n) is 16.8. The maximum absolute atomic E-state index is 12.5. The van der Waals surface area contributed by atoms with Crippen molar-refractivity contribution in [2.45, 2.75) is 38.3 Å². The lowest BCUT2D eigenvalue weighted by Crippen LogP contribution is -2.35. The van der Waals surface area contributed by atoms with Crippen LogP contribution in [0.15, 0.2) is 41.3 Å². The first-order valence-corrected chi connectivity index (χ1v) is 10.6. The number of aromatic amines is 1. The van der Waals surface area contributed by atoms with Gasteiger partial charge in [0.05, 0.1) is 24.1 Å². The summed E-state index contributed by atoms with van der Waals surface area (Å²) in [5, 5.41) is 0.646. The number of nitrogens with one attached hydrogen (secondary N) is 1. The molecular formula is C23H23ClN4O2. The number of H-pyrrole nitrogens is 1. The summed E-state index contributed by atoms with van der Waals surface area (Å²) in [4.78, 5) is 27.2. The Morgan fingerprint density at radius 1 is 1.27 bits per heavy atom. The van der Waals surface area contributed by atoms with E-state index in [9.17, 15) is 4.79 Å². The van der Waals surface area contributed by atoms with E-state index in [1.54, 1.807) is 13.2 Å². The van der Waals surface area contributed by atoms with Gasteiger partial charge in [0.25, 0.3) is 5.56 Å². The molecule has 1 aliphatic heterocycles. The van der Waals surface area contributed by atoms with Crippen molar-refractivity contribution in [2.24, 2.45) is 0 Å². The van der Waals surface area contributed by atoms with Gasteiger partial charge in [-0.3, -0.25) is 14.7 Å². The number of aromatic nitrogens is 3. The molecule has 2 aliphatic rings. The van der Waals surface area contributed by atoms with Crippen molar-refractivity contribution in [1.29, 1.82) is 0 Å². The summed E-state index contributed by atoms with van der Waals surface area (Å²) >= 11 is 6.15. The van der Waals surface area contributed by atoms with E-state index in [1.165, 1.54) is 0 Å². The number of rotatable bonds is 5. The van der Waals surface area contributed by atoms with Crippen LogP contribution in [0.25, 0.3) is 11.3 Å². The Labute approximate surface area is 179 Å². The van der Waals surface area contributed by atoms with Gasteiger partial charge < -0.3 is 9.72 Å². The van der Waals surface area contributed by atoms with Gasteiger partial charge in [-0.1, -0.05) is 17.7 Å². The van der Waals surface area contributed by atoms with E-state index in [4.69, 9.17) is 21.3 Å². The molecule has 7 heteroatoms. The predicted molar refractivity (Wildman–Crippen MR) is 116 cm³/mol. The minimum atomic E-state index is 0.0214. The van der Waals surface area contributed by atoms with Crippen LogP contribution in [0.4, 0.5) is 0 Å². The minimum Gasteiger partial charge on any atom is -0.496 e. The summed E-state index contributed by atoms with van der Waals surface area (Å²) in [6.45, 7) is 2.24. The topological polar surface area (TPSA) is 71.1 Å². The van der Waals surface area contributed by atoms with E-state index in [0.29, 0.717) is 17.5 Å². The standard InChI is InChI=1S/C23H23ClN4O2/c1-30-21-7-5-16(24)10-17(21)19-6-2-14(11-25-19)12-28-9-8-20-18(13-28)23(29)27-22(26-20)15-3-4-15/h2,5-7,10-11,15H,3-4,8-9,12-13H2,1H3,(H,26,27,29). The van der Waals surface area contributed by atoms with Crippen molar-refractivity contribution in [3.63, 3.8) is 0 Å². The molecule has 0 spiro atoms. The Bertz CT molecular complexity index is 1140. The SMILES string of the molecule is COc1ccc(Cl)cc1-c1ccc(CN2CCc3nc(C4CC4)[nH]c(=O)c3C2)cn1. The molecule has 0 amide bonds. The average molecular weight is 423 g/mol. The second-order valence-corrected chi connectivity index (χ2v) is 8.44. The number of ether oxygens (including phenoxy) is 1. The summed E-state index contributed by atoms with van der Waals surface area (Å²) in [5.41, 5.74) is 4.58. The van der Waals surface area contributed by atoms with Crippen LogP contribution < -0.4 is 10.3 Å². The summed E-state index contributed by atoms with van der Waals surface area (Å²) in [7, 11) is 1.64. The van der Waals surface area contributed by atoms with E-state index in [2.05, 4.69) is 20.9 Å². The van der Waals surface area contributed by atoms with Gasteiger partial charge in [-0.25, -0.2) is 4.98 Å². The highest BCUT2D eigenvalue weighted by Crippen LogP contribution is 2.38. The predicted octanol–water partition coefficient (Wildman–Crippen LogP) is 3.93. The monoisotopic (exact) mass is 422 g/mol. The smallest absolute Gasteiger partial charge is 0.255 e. The fourth-order valence-corrected chi connectivity index (χ4v) is 4.17. The number of nitrogens with zero attached hydrogens (tertiary/aromatic N) is 3. The van der Waals surface area contributed by atoms with E-state index in [1.807, 2.05) is 24.4 Å². The first-order valence-electron chi connectivity index (χ1n) is 10.2. The van der Waals surface area contributed by atoms with Crippen LogP contribution in [0.3, 0.4) is 0 Å². The van der Waals surface area contributed by atoms with Crippen molar-refractivity contribution in [3.05, 3.63) is 74.6 Å². The van der Waals surface area contributed by atoms with Crippen LogP contribution in [0.1, 0.15) is 41.4 Å². The Morgan fingerprint density at radius 2 is 2.13 bits per heavy atom. The van der Waals surface area contributed by atoms with Gasteiger partial charge in [0, 0.05) is 48.8 Å². The van der Waals surface area contributed by atoms with E-state index in [-0.39, 0.29) is 5.56 Å². The van der Waals surface area contributed by atoms with Crippen molar-refractivity contribution < 1.29 is 4.74 Å². The van der Waals surface area contributed by atoms with Crippen molar-refractivity contribution in [1.82, 2.24) is 19.9 Å². The molecule has 5 rings (SSSR count). The number of hydrogen-bond acceptors (Lipinski definition) is 5. The normalized spacial score (nSPS) is 16.3. The highest BCUT2D eigenvalue weighted by molar-refractivity contribution is 6.30. The lowest BCUT2D eigenvalue weighted by Gasteiger charge is -2.27. The van der Waals surface area contributed by atoms with Crippen molar-refractivity contribution in [2.75, 3.05) is 13.7 Å². The molecule has 0 saturated heterocycles. The molecule has 30 heavy (non-hydrogen) atoms. The Kier molecular flexibility index (Phi) is 5.05. The number of methoxy groups -OCH3 is 1. The number of halogens is 1. The summed E-state index contributed by atoms with van der Waals surface area (Å²) in [6, 6.07) is 9.56. The van der Waals surface area contributed by atoms with E-state index >= 15 is 0 Å². The van der Waals surface area contributed by atoms with Gasteiger partial charge in [0.2, 0.25) is 0 Å². The van der Waals surface area contributed by atoms with Crippen LogP contribution in [0, 0.1) is 0 Å². The Morgan fingerprint density at radius 3 is 2.87 bits per heavy atom. The fourth-order valence-electron chi connectivity index (χ4n) is 4.00. The van der Waals surface area contributed by atoms with Crippen LogP contribution in [-0.4, -0.2) is 33.5 Å². The highest BCUT2D eigenvalue weighted by atomic mass is 35.5. The number of fused-ring (bicyclic) bond motifs is 1. The third-order valence-corrected chi connectivity index (χ3v) is 6.03. The average Bonchev–Trinajstić information content (AvgIpc) is 3.60. The lowest BCUT2D eigenvalue weighted by atomic mass is 10.1. The molecule has 0 atom stereocenters. The van der Waals surface area contributed by atoms with Gasteiger partial charge in [-0.15, -0.1) is 0 Å². The Balaban J connectivity index is 1.32. The number of benzene rings is 1. The van der Waals surface area contributed by atoms with Gasteiger partial charge in [-0.05, 0) is 42.7 Å². The molecule has 154 valence electrons. The summed E-state index contributed by atoms with van der Waals surface area (Å²) < 4.78 is 5.43. The number of hydrogen-bond donors (Lipinski definition) is 1. The van der Waals surface area contributed by atoms with E-state index in [0.717, 1.165) is 72.0 Å². The van der Waals surface area contributed by atoms with Gasteiger partial charge in [0.15, 0.2) is 0 Å². The first-order chi connectivity index (χ1) is 14.6. The molecule has 1 saturated carbocycles. The zero-order valence-corrected chi connectivity index (χ0v) is 17.6. The maximum Gasteiger partial charge on any atom is 0.255 e. The van der Waals surface area contributed by atoms with Crippen molar-refractivity contribution >= 4 is 11.6 Å². The molecule has 1 fully saturated rings. The zero-order chi connectivity index (χ0) is 20.7. The highest BCUT2D eigenvalue weighted by Gasteiger charge is 2.29. The molecular weight excluding hydrogens is 400 g/mol. The molecule has 6 nitrogen and oxygen atoms in total. The maximum atomic E-state index is 12.5. The van der Waals surface area contributed by atoms with Crippen LogP contribution in [0.5, 0.6) is 5.75 Å². The second kappa shape index (κ2) is 7.85. The van der Waals surface area contributed by atoms with Gasteiger partial charge in [0.1, 0.15) is 11.6 Å². The fraction of sp³-hybridized carbons (Fsp3) is 0.348. The first kappa shape index (κ1) is 19.3. The van der Waals surface area contributed by atoms with Gasteiger partial charge >= 0.3 is 0 Å². The second-order valence-electron chi connectivity index (χ2n) is 8.01. The molecule has 2 aromatic heterocycles. The summed E-state index contributed by atoms with van der Waals surface area (Å²) in [6.07, 6.45) is 4.96. The van der Waals surface area contributed by atoms with Crippen molar-refractivity contribution in [3.8, 4) is 17.0 Å². The largest absolute Gasteiger partial charge is 0.496 e. The Hall–Kier alpha value is -2.70. The molecule has 0 bridgehead atoms. The van der Waals surface area contributed by atoms with Crippen LogP contribution >= 0.6 is 11.6 Å². The number of pyridine rings is 1. The quantitative estimate of drug-likeness (QED) is 0.674. The van der Waals surface area contributed by atoms with E-state index < -0.39 is 0 Å². The third kappa shape index (κ3) is 3.85. The molecule has 1 N–H and O–H groups in total. The lowest BCUT2D eigenvalue weighted by molar-refractivity contribution is 0.241. The molecule has 0 unspecified atom stereocenters. The minimum absolute atomic E-state index is 0.0214. The molecule has 3 aromatic rings. The van der Waals surface area contributed by atoms with Gasteiger partial charge in [-0.2, -0.15) is 0 Å². The van der Waals surface area contributed by atoms with Crippen LogP contribution in [0.2, 0.25) is 5.02 Å². The molecule has 0 radical (unpaired) electrons. The molecule has 1 aliphatic carbocycles. The third-order valence-electron chi connectivity index (χ3n) is 5.80. The molecule has 3 heterocycles. The van der Waals surface area contributed by atoms with Crippen LogP contribution in [-0.2, 0) is 19.5 Å².